The Labute approximate surface area is 238 Å². The molecule has 12 heteroatoms. The quantitative estimate of drug-likeness (QED) is 0.313. The lowest BCUT2D eigenvalue weighted by molar-refractivity contribution is -0.121. The third kappa shape index (κ3) is 6.60. The molecule has 0 spiro atoms. The summed E-state index contributed by atoms with van der Waals surface area (Å²) in [5.74, 6) is 2.24. The second kappa shape index (κ2) is 12.9. The smallest absolute Gasteiger partial charge is 0.255 e. The fraction of sp³-hybridized carbons (Fsp3) is 0.310. The first-order valence-electron chi connectivity index (χ1n) is 13.3. The van der Waals surface area contributed by atoms with Gasteiger partial charge < -0.3 is 24.6 Å². The standard InChI is InChI=1S/C29H32N8O4/c1-40-24-6-5-21(16-25(24)41-2)7-10-32-27(38)17-23-19-35(28(39)22-4-3-9-30-18-22)14-15-37(23)26-8-11-33-29(34-26)36-13-12-31-20-36/h3-6,8-9,11-13,16,18,20,23H,7,10,14-15,17,19H2,1-2H3,(H,32,38). The van der Waals surface area contributed by atoms with Gasteiger partial charge >= 0.3 is 0 Å². The Kier molecular flexibility index (Phi) is 8.67. The van der Waals surface area contributed by atoms with Gasteiger partial charge in [0.1, 0.15) is 12.1 Å². The average molecular weight is 557 g/mol. The van der Waals surface area contributed by atoms with Crippen molar-refractivity contribution in [1.29, 1.82) is 0 Å². The summed E-state index contributed by atoms with van der Waals surface area (Å²) in [6.07, 6.45) is 10.8. The van der Waals surface area contributed by atoms with Crippen LogP contribution in [0.2, 0.25) is 0 Å². The number of pyridine rings is 1. The number of benzene rings is 1. The van der Waals surface area contributed by atoms with Crippen molar-refractivity contribution in [3.63, 3.8) is 0 Å². The minimum absolute atomic E-state index is 0.111. The zero-order valence-electron chi connectivity index (χ0n) is 23.0. The van der Waals surface area contributed by atoms with E-state index in [1.807, 2.05) is 24.3 Å². The molecular formula is C29H32N8O4. The van der Waals surface area contributed by atoms with Crippen LogP contribution in [0, 0.1) is 0 Å². The fourth-order valence-corrected chi connectivity index (χ4v) is 4.86. The molecule has 1 aliphatic heterocycles. The summed E-state index contributed by atoms with van der Waals surface area (Å²) in [7, 11) is 3.19. The Balaban J connectivity index is 1.29. The van der Waals surface area contributed by atoms with E-state index in [1.54, 1.807) is 73.1 Å². The zero-order chi connectivity index (χ0) is 28.6. The maximum Gasteiger partial charge on any atom is 0.255 e. The largest absolute Gasteiger partial charge is 0.493 e. The van der Waals surface area contributed by atoms with E-state index in [9.17, 15) is 9.59 Å². The van der Waals surface area contributed by atoms with E-state index in [-0.39, 0.29) is 24.3 Å². The molecular weight excluding hydrogens is 524 g/mol. The molecule has 212 valence electrons. The Bertz CT molecular complexity index is 1460. The van der Waals surface area contributed by atoms with Gasteiger partial charge in [-0.15, -0.1) is 0 Å². The molecule has 1 aromatic carbocycles. The van der Waals surface area contributed by atoms with Gasteiger partial charge in [0, 0.05) is 63.6 Å². The van der Waals surface area contributed by atoms with Crippen molar-refractivity contribution in [1.82, 2.24) is 34.7 Å². The Hall–Kier alpha value is -5.00. The number of anilines is 1. The van der Waals surface area contributed by atoms with Crippen LogP contribution >= 0.6 is 0 Å². The van der Waals surface area contributed by atoms with E-state index in [1.165, 1.54) is 0 Å². The molecule has 1 saturated heterocycles. The number of nitrogens with zero attached hydrogens (tertiary/aromatic N) is 7. The van der Waals surface area contributed by atoms with E-state index in [2.05, 4.69) is 25.2 Å². The SMILES string of the molecule is COc1ccc(CCNC(=O)CC2CN(C(=O)c3cccnc3)CCN2c2ccnc(-n3ccnc3)n2)cc1OC. The molecule has 1 aliphatic rings. The molecule has 0 bridgehead atoms. The molecule has 41 heavy (non-hydrogen) atoms. The number of nitrogens with one attached hydrogen (secondary N) is 1. The molecule has 4 aromatic rings. The number of aromatic nitrogens is 5. The van der Waals surface area contributed by atoms with Crippen LogP contribution in [-0.4, -0.2) is 87.7 Å². The highest BCUT2D eigenvalue weighted by molar-refractivity contribution is 5.94. The third-order valence-corrected chi connectivity index (χ3v) is 6.94. The lowest BCUT2D eigenvalue weighted by Gasteiger charge is -2.42. The molecule has 5 rings (SSSR count). The van der Waals surface area contributed by atoms with E-state index < -0.39 is 0 Å². The Morgan fingerprint density at radius 1 is 1.02 bits per heavy atom. The summed E-state index contributed by atoms with van der Waals surface area (Å²) < 4.78 is 12.4. The molecule has 1 atom stereocenters. The highest BCUT2D eigenvalue weighted by Gasteiger charge is 2.32. The van der Waals surface area contributed by atoms with Crippen LogP contribution in [0.4, 0.5) is 5.82 Å². The van der Waals surface area contributed by atoms with Crippen LogP contribution < -0.4 is 19.7 Å². The van der Waals surface area contributed by atoms with Gasteiger partial charge in [-0.1, -0.05) is 6.07 Å². The van der Waals surface area contributed by atoms with Crippen molar-refractivity contribution < 1.29 is 19.1 Å². The van der Waals surface area contributed by atoms with E-state index >= 15 is 0 Å². The minimum atomic E-state index is -0.295. The van der Waals surface area contributed by atoms with Gasteiger partial charge in [0.15, 0.2) is 11.5 Å². The van der Waals surface area contributed by atoms with Crippen molar-refractivity contribution in [3.05, 3.63) is 84.8 Å². The number of carbonyl (C=O) groups is 2. The number of hydrogen-bond acceptors (Lipinski definition) is 9. The summed E-state index contributed by atoms with van der Waals surface area (Å²) >= 11 is 0. The van der Waals surface area contributed by atoms with Crippen molar-refractivity contribution in [2.75, 3.05) is 45.3 Å². The van der Waals surface area contributed by atoms with Crippen LogP contribution in [-0.2, 0) is 11.2 Å². The van der Waals surface area contributed by atoms with Gasteiger partial charge in [0.2, 0.25) is 11.9 Å². The van der Waals surface area contributed by atoms with E-state index in [4.69, 9.17) is 14.5 Å². The molecule has 1 fully saturated rings. The first-order valence-corrected chi connectivity index (χ1v) is 13.3. The molecule has 4 heterocycles. The number of imidazole rings is 1. The summed E-state index contributed by atoms with van der Waals surface area (Å²) in [6.45, 7) is 1.81. The lowest BCUT2D eigenvalue weighted by Crippen LogP contribution is -2.56. The molecule has 0 radical (unpaired) electrons. The van der Waals surface area contributed by atoms with Crippen LogP contribution in [0.5, 0.6) is 11.5 Å². The van der Waals surface area contributed by atoms with E-state index in [0.29, 0.717) is 61.4 Å². The van der Waals surface area contributed by atoms with Crippen LogP contribution in [0.1, 0.15) is 22.3 Å². The molecule has 3 aromatic heterocycles. The molecule has 0 aliphatic carbocycles. The monoisotopic (exact) mass is 556 g/mol. The van der Waals surface area contributed by atoms with Crippen LogP contribution in [0.15, 0.2) is 73.7 Å². The average Bonchev–Trinajstić information content (AvgIpc) is 3.56. The highest BCUT2D eigenvalue weighted by atomic mass is 16.5. The van der Waals surface area contributed by atoms with Gasteiger partial charge in [0.05, 0.1) is 25.8 Å². The predicted octanol–water partition coefficient (Wildman–Crippen LogP) is 2.15. The maximum absolute atomic E-state index is 13.2. The van der Waals surface area contributed by atoms with Crippen molar-refractivity contribution in [2.45, 2.75) is 18.9 Å². The first-order chi connectivity index (χ1) is 20.1. The van der Waals surface area contributed by atoms with E-state index in [0.717, 1.165) is 5.56 Å². The number of piperazine rings is 1. The number of ether oxygens (including phenoxy) is 2. The van der Waals surface area contributed by atoms with Crippen molar-refractivity contribution >= 4 is 17.6 Å². The number of amides is 2. The molecule has 1 unspecified atom stereocenters. The highest BCUT2D eigenvalue weighted by Crippen LogP contribution is 2.27. The zero-order valence-corrected chi connectivity index (χ0v) is 23.0. The number of methoxy groups -OCH3 is 2. The number of hydrogen-bond donors (Lipinski definition) is 1. The normalized spacial score (nSPS) is 14.9. The summed E-state index contributed by atoms with van der Waals surface area (Å²) in [5, 5.41) is 3.03. The topological polar surface area (TPSA) is 128 Å². The predicted molar refractivity (Wildman–Crippen MR) is 151 cm³/mol. The van der Waals surface area contributed by atoms with Crippen molar-refractivity contribution in [3.8, 4) is 17.4 Å². The van der Waals surface area contributed by atoms with Gasteiger partial charge in [-0.05, 0) is 42.3 Å². The second-order valence-corrected chi connectivity index (χ2v) is 9.52. The van der Waals surface area contributed by atoms with Crippen LogP contribution in [0.3, 0.4) is 0 Å². The molecule has 0 saturated carbocycles. The first kappa shape index (κ1) is 27.6. The van der Waals surface area contributed by atoms with Gasteiger partial charge in [-0.25, -0.2) is 9.97 Å². The number of rotatable bonds is 10. The Morgan fingerprint density at radius 3 is 2.66 bits per heavy atom. The third-order valence-electron chi connectivity index (χ3n) is 6.94. The minimum Gasteiger partial charge on any atom is -0.493 e. The fourth-order valence-electron chi connectivity index (χ4n) is 4.86. The van der Waals surface area contributed by atoms with Crippen LogP contribution in [0.25, 0.3) is 5.95 Å². The van der Waals surface area contributed by atoms with Gasteiger partial charge in [0.25, 0.3) is 5.91 Å². The summed E-state index contributed by atoms with van der Waals surface area (Å²) in [4.78, 5) is 47.5. The summed E-state index contributed by atoms with van der Waals surface area (Å²) in [6, 6.07) is 10.7. The maximum atomic E-state index is 13.2. The van der Waals surface area contributed by atoms with Crippen molar-refractivity contribution in [2.24, 2.45) is 0 Å². The number of carbonyl (C=O) groups excluding carboxylic acids is 2. The Morgan fingerprint density at radius 2 is 1.90 bits per heavy atom. The van der Waals surface area contributed by atoms with Gasteiger partial charge in [-0.3, -0.25) is 19.1 Å². The molecule has 1 N–H and O–H groups in total. The summed E-state index contributed by atoms with van der Waals surface area (Å²) in [5.41, 5.74) is 1.53. The molecule has 12 nitrogen and oxygen atoms in total. The lowest BCUT2D eigenvalue weighted by atomic mass is 10.1. The second-order valence-electron chi connectivity index (χ2n) is 9.52. The molecule has 2 amide bonds. The van der Waals surface area contributed by atoms with Gasteiger partial charge in [-0.2, -0.15) is 4.98 Å².